The molecule has 0 fully saturated rings. The smallest absolute Gasteiger partial charge is 0.267 e. The Labute approximate surface area is 150 Å². The van der Waals surface area contributed by atoms with Crippen molar-refractivity contribution in [1.29, 1.82) is 0 Å². The predicted octanol–water partition coefficient (Wildman–Crippen LogP) is 3.79. The Balaban J connectivity index is 1.87. The third kappa shape index (κ3) is 3.85. The van der Waals surface area contributed by atoms with Crippen molar-refractivity contribution in [1.82, 2.24) is 9.78 Å². The lowest BCUT2D eigenvalue weighted by molar-refractivity contribution is -0.119. The van der Waals surface area contributed by atoms with Crippen LogP contribution in [-0.4, -0.2) is 15.7 Å². The minimum absolute atomic E-state index is 0.275. The van der Waals surface area contributed by atoms with Crippen molar-refractivity contribution in [3.8, 4) is 10.6 Å². The Bertz CT molecular complexity index is 941. The summed E-state index contributed by atoms with van der Waals surface area (Å²) < 4.78 is 1.23. The van der Waals surface area contributed by atoms with Crippen LogP contribution in [0.4, 0.5) is 5.69 Å². The number of rotatable bonds is 4. The van der Waals surface area contributed by atoms with E-state index in [4.69, 9.17) is 0 Å². The number of benzene rings is 1. The first-order valence-corrected chi connectivity index (χ1v) is 8.85. The van der Waals surface area contributed by atoms with Crippen molar-refractivity contribution in [2.75, 3.05) is 5.32 Å². The maximum absolute atomic E-state index is 12.6. The minimum Gasteiger partial charge on any atom is -0.324 e. The van der Waals surface area contributed by atoms with Crippen molar-refractivity contribution in [3.63, 3.8) is 0 Å². The van der Waals surface area contributed by atoms with Gasteiger partial charge in [0.2, 0.25) is 5.91 Å². The van der Waals surface area contributed by atoms with E-state index in [-0.39, 0.29) is 11.5 Å². The highest BCUT2D eigenvalue weighted by Crippen LogP contribution is 2.22. The highest BCUT2D eigenvalue weighted by Gasteiger charge is 2.18. The van der Waals surface area contributed by atoms with Crippen LogP contribution in [0.15, 0.2) is 52.6 Å². The molecule has 1 atom stereocenters. The minimum atomic E-state index is -0.715. The number of nitrogens with one attached hydrogen (secondary N) is 1. The largest absolute Gasteiger partial charge is 0.324 e. The summed E-state index contributed by atoms with van der Waals surface area (Å²) in [6, 6.07) is 12.1. The molecule has 0 saturated heterocycles. The summed E-state index contributed by atoms with van der Waals surface area (Å²) in [6.07, 6.45) is 0. The molecule has 0 spiro atoms. The maximum atomic E-state index is 12.6. The van der Waals surface area contributed by atoms with E-state index in [1.807, 2.05) is 49.6 Å². The van der Waals surface area contributed by atoms with Gasteiger partial charge in [0.15, 0.2) is 0 Å². The highest BCUT2D eigenvalue weighted by molar-refractivity contribution is 7.13. The van der Waals surface area contributed by atoms with Gasteiger partial charge < -0.3 is 5.32 Å². The standard InChI is InChI=1S/C19H19N3O2S/c1-12-9-13(2)11-15(10-12)20-19(24)14(3)22-18(23)7-6-16(21-22)17-5-4-8-25-17/h4-11,14H,1-3H3,(H,20,24). The summed E-state index contributed by atoms with van der Waals surface area (Å²) in [5.41, 5.74) is 3.23. The van der Waals surface area contributed by atoms with Crippen LogP contribution in [0.3, 0.4) is 0 Å². The molecule has 0 bridgehead atoms. The lowest BCUT2D eigenvalue weighted by Crippen LogP contribution is -2.33. The summed E-state index contributed by atoms with van der Waals surface area (Å²) in [5.74, 6) is -0.275. The molecule has 1 N–H and O–H groups in total. The average molecular weight is 353 g/mol. The molecule has 1 unspecified atom stereocenters. The van der Waals surface area contributed by atoms with E-state index < -0.39 is 6.04 Å². The molecule has 0 aliphatic rings. The molecular weight excluding hydrogens is 334 g/mol. The predicted molar refractivity (Wildman–Crippen MR) is 101 cm³/mol. The normalized spacial score (nSPS) is 12.0. The van der Waals surface area contributed by atoms with E-state index in [1.165, 1.54) is 22.1 Å². The number of amides is 1. The van der Waals surface area contributed by atoms with Gasteiger partial charge in [-0.05, 0) is 61.5 Å². The fourth-order valence-electron chi connectivity index (χ4n) is 2.66. The summed E-state index contributed by atoms with van der Waals surface area (Å²) in [4.78, 5) is 25.7. The van der Waals surface area contributed by atoms with E-state index in [0.717, 1.165) is 21.7 Å². The molecule has 1 aromatic carbocycles. The molecule has 0 radical (unpaired) electrons. The third-order valence-electron chi connectivity index (χ3n) is 3.83. The van der Waals surface area contributed by atoms with Crippen LogP contribution >= 0.6 is 11.3 Å². The van der Waals surface area contributed by atoms with E-state index in [0.29, 0.717) is 5.69 Å². The second-order valence-electron chi connectivity index (χ2n) is 6.02. The number of carbonyl (C=O) groups excluding carboxylic acids is 1. The fraction of sp³-hybridized carbons (Fsp3) is 0.211. The van der Waals surface area contributed by atoms with Crippen LogP contribution in [0.1, 0.15) is 24.1 Å². The number of anilines is 1. The number of aromatic nitrogens is 2. The first-order chi connectivity index (χ1) is 11.9. The van der Waals surface area contributed by atoms with Crippen LogP contribution in [-0.2, 0) is 4.79 Å². The summed E-state index contributed by atoms with van der Waals surface area (Å²) in [7, 11) is 0. The first kappa shape index (κ1) is 17.1. The summed E-state index contributed by atoms with van der Waals surface area (Å²) in [6.45, 7) is 5.62. The Kier molecular flexibility index (Phi) is 4.81. The number of nitrogens with zero attached hydrogens (tertiary/aromatic N) is 2. The SMILES string of the molecule is Cc1cc(C)cc(NC(=O)C(C)n2nc(-c3cccs3)ccc2=O)c1. The molecule has 128 valence electrons. The average Bonchev–Trinajstić information content (AvgIpc) is 3.08. The molecule has 1 amide bonds. The van der Waals surface area contributed by atoms with Gasteiger partial charge in [-0.25, -0.2) is 4.68 Å². The van der Waals surface area contributed by atoms with E-state index >= 15 is 0 Å². The molecule has 5 nitrogen and oxygen atoms in total. The quantitative estimate of drug-likeness (QED) is 0.776. The van der Waals surface area contributed by atoms with Crippen LogP contribution in [0.25, 0.3) is 10.6 Å². The zero-order chi connectivity index (χ0) is 18.0. The van der Waals surface area contributed by atoms with E-state index in [1.54, 1.807) is 13.0 Å². The number of thiophene rings is 1. The van der Waals surface area contributed by atoms with Gasteiger partial charge in [0.05, 0.1) is 4.88 Å². The zero-order valence-corrected chi connectivity index (χ0v) is 15.1. The van der Waals surface area contributed by atoms with Crippen molar-refractivity contribution >= 4 is 22.9 Å². The summed E-state index contributed by atoms with van der Waals surface area (Å²) in [5, 5.41) is 9.18. The van der Waals surface area contributed by atoms with Crippen LogP contribution in [0.5, 0.6) is 0 Å². The molecule has 0 aliphatic carbocycles. The van der Waals surface area contributed by atoms with Gasteiger partial charge in [-0.3, -0.25) is 9.59 Å². The summed E-state index contributed by atoms with van der Waals surface area (Å²) >= 11 is 1.54. The Hall–Kier alpha value is -2.73. The molecule has 6 heteroatoms. The second kappa shape index (κ2) is 7.03. The number of hydrogen-bond acceptors (Lipinski definition) is 4. The molecule has 0 saturated carbocycles. The molecule has 25 heavy (non-hydrogen) atoms. The van der Waals surface area contributed by atoms with E-state index in [2.05, 4.69) is 10.4 Å². The fourth-order valence-corrected chi connectivity index (χ4v) is 3.35. The number of aryl methyl sites for hydroxylation is 2. The molecular formula is C19H19N3O2S. The zero-order valence-electron chi connectivity index (χ0n) is 14.3. The van der Waals surface area contributed by atoms with Crippen molar-refractivity contribution in [2.24, 2.45) is 0 Å². The van der Waals surface area contributed by atoms with Crippen molar-refractivity contribution in [2.45, 2.75) is 26.8 Å². The van der Waals surface area contributed by atoms with Crippen LogP contribution in [0.2, 0.25) is 0 Å². The monoisotopic (exact) mass is 353 g/mol. The number of carbonyl (C=O) groups is 1. The Morgan fingerprint density at radius 2 is 1.88 bits per heavy atom. The Morgan fingerprint density at radius 3 is 2.52 bits per heavy atom. The molecule has 3 aromatic rings. The van der Waals surface area contributed by atoms with Gasteiger partial charge in [-0.15, -0.1) is 11.3 Å². The van der Waals surface area contributed by atoms with Gasteiger partial charge in [0.25, 0.3) is 5.56 Å². The van der Waals surface area contributed by atoms with Gasteiger partial charge in [0, 0.05) is 11.8 Å². The van der Waals surface area contributed by atoms with Crippen LogP contribution in [0, 0.1) is 13.8 Å². The van der Waals surface area contributed by atoms with Crippen molar-refractivity contribution < 1.29 is 4.79 Å². The van der Waals surface area contributed by atoms with Gasteiger partial charge in [-0.1, -0.05) is 12.1 Å². The van der Waals surface area contributed by atoms with Gasteiger partial charge in [-0.2, -0.15) is 5.10 Å². The Morgan fingerprint density at radius 1 is 1.16 bits per heavy atom. The molecule has 0 aliphatic heterocycles. The van der Waals surface area contributed by atoms with Crippen LogP contribution < -0.4 is 10.9 Å². The first-order valence-electron chi connectivity index (χ1n) is 7.97. The third-order valence-corrected chi connectivity index (χ3v) is 4.73. The maximum Gasteiger partial charge on any atom is 0.267 e. The molecule has 3 rings (SSSR count). The molecule has 2 aromatic heterocycles. The lowest BCUT2D eigenvalue weighted by Gasteiger charge is -2.15. The van der Waals surface area contributed by atoms with Gasteiger partial charge >= 0.3 is 0 Å². The molecule has 2 heterocycles. The second-order valence-corrected chi connectivity index (χ2v) is 6.97. The topological polar surface area (TPSA) is 64.0 Å². The van der Waals surface area contributed by atoms with Crippen molar-refractivity contribution in [3.05, 3.63) is 69.3 Å². The van der Waals surface area contributed by atoms with E-state index in [9.17, 15) is 9.59 Å². The number of hydrogen-bond donors (Lipinski definition) is 1. The highest BCUT2D eigenvalue weighted by atomic mass is 32.1. The lowest BCUT2D eigenvalue weighted by atomic mass is 10.1. The van der Waals surface area contributed by atoms with Gasteiger partial charge in [0.1, 0.15) is 11.7 Å².